The molecule has 0 aliphatic heterocycles. The number of hydrogen-bond acceptors (Lipinski definition) is 2. The summed E-state index contributed by atoms with van der Waals surface area (Å²) in [6, 6.07) is 6.08. The lowest BCUT2D eigenvalue weighted by atomic mass is 9.80. The van der Waals surface area contributed by atoms with Crippen LogP contribution in [0.3, 0.4) is 0 Å². The summed E-state index contributed by atoms with van der Waals surface area (Å²) in [5.41, 5.74) is 2.61. The van der Waals surface area contributed by atoms with Gasteiger partial charge in [-0.25, -0.2) is 0 Å². The summed E-state index contributed by atoms with van der Waals surface area (Å²) in [4.78, 5) is 15.2. The summed E-state index contributed by atoms with van der Waals surface area (Å²) in [7, 11) is 0. The standard InChI is InChI=1S/C16H20N2O2/c1-11-4-2-5-13-12(9-17-15(11)13)8-14(19)18-10-16(20)6-3-7-16/h2,4-5,9,17,20H,3,6-8,10H2,1H3,(H,18,19). The second-order valence-electron chi connectivity index (χ2n) is 5.84. The van der Waals surface area contributed by atoms with Crippen LogP contribution in [-0.4, -0.2) is 28.1 Å². The molecule has 0 saturated heterocycles. The topological polar surface area (TPSA) is 65.1 Å². The molecule has 0 unspecified atom stereocenters. The highest BCUT2D eigenvalue weighted by Gasteiger charge is 2.34. The van der Waals surface area contributed by atoms with Gasteiger partial charge in [-0.15, -0.1) is 0 Å². The quantitative estimate of drug-likeness (QED) is 0.797. The third-order valence-electron chi connectivity index (χ3n) is 4.26. The maximum atomic E-state index is 12.0. The van der Waals surface area contributed by atoms with Crippen LogP contribution in [0.5, 0.6) is 0 Å². The fraction of sp³-hybridized carbons (Fsp3) is 0.438. The molecule has 1 amide bonds. The minimum Gasteiger partial charge on any atom is -0.388 e. The highest BCUT2D eigenvalue weighted by atomic mass is 16.3. The van der Waals surface area contributed by atoms with E-state index in [-0.39, 0.29) is 5.91 Å². The second kappa shape index (κ2) is 4.94. The molecule has 1 saturated carbocycles. The van der Waals surface area contributed by atoms with Gasteiger partial charge in [-0.05, 0) is 37.3 Å². The SMILES string of the molecule is Cc1cccc2c(CC(=O)NCC3(O)CCC3)c[nH]c12. The van der Waals surface area contributed by atoms with Crippen molar-refractivity contribution in [2.45, 2.75) is 38.2 Å². The molecule has 0 radical (unpaired) electrons. The number of para-hydroxylation sites is 1. The van der Waals surface area contributed by atoms with Gasteiger partial charge < -0.3 is 15.4 Å². The Bertz CT molecular complexity index is 641. The van der Waals surface area contributed by atoms with Crippen LogP contribution < -0.4 is 5.32 Å². The number of carbonyl (C=O) groups excluding carboxylic acids is 1. The Morgan fingerprint density at radius 2 is 2.25 bits per heavy atom. The molecule has 1 aliphatic rings. The molecule has 3 N–H and O–H groups in total. The molecule has 1 aromatic carbocycles. The lowest BCUT2D eigenvalue weighted by molar-refractivity contribution is -0.122. The third-order valence-corrected chi connectivity index (χ3v) is 4.26. The predicted octanol–water partition coefficient (Wildman–Crippen LogP) is 2.05. The summed E-state index contributed by atoms with van der Waals surface area (Å²) in [6.07, 6.45) is 4.88. The van der Waals surface area contributed by atoms with E-state index in [0.717, 1.165) is 35.7 Å². The zero-order valence-electron chi connectivity index (χ0n) is 11.7. The summed E-state index contributed by atoms with van der Waals surface area (Å²) in [5, 5.41) is 13.9. The van der Waals surface area contributed by atoms with E-state index in [1.807, 2.05) is 18.3 Å². The van der Waals surface area contributed by atoms with Gasteiger partial charge in [0.05, 0.1) is 12.0 Å². The molecular formula is C16H20N2O2. The first-order chi connectivity index (χ1) is 9.57. The Morgan fingerprint density at radius 1 is 1.45 bits per heavy atom. The van der Waals surface area contributed by atoms with E-state index in [4.69, 9.17) is 0 Å². The van der Waals surface area contributed by atoms with Crippen LogP contribution in [0.15, 0.2) is 24.4 Å². The van der Waals surface area contributed by atoms with Crippen molar-refractivity contribution in [1.29, 1.82) is 0 Å². The monoisotopic (exact) mass is 272 g/mol. The number of H-pyrrole nitrogens is 1. The zero-order chi connectivity index (χ0) is 14.2. The fourth-order valence-corrected chi connectivity index (χ4v) is 2.77. The number of aliphatic hydroxyl groups is 1. The van der Waals surface area contributed by atoms with Crippen molar-refractivity contribution in [1.82, 2.24) is 10.3 Å². The molecular weight excluding hydrogens is 252 g/mol. The maximum absolute atomic E-state index is 12.0. The predicted molar refractivity (Wildman–Crippen MR) is 78.6 cm³/mol. The van der Waals surface area contributed by atoms with E-state index >= 15 is 0 Å². The number of aromatic nitrogens is 1. The first-order valence-corrected chi connectivity index (χ1v) is 7.12. The normalized spacial score (nSPS) is 16.9. The third kappa shape index (κ3) is 2.43. The van der Waals surface area contributed by atoms with Gasteiger partial charge in [-0.3, -0.25) is 4.79 Å². The van der Waals surface area contributed by atoms with E-state index in [1.54, 1.807) is 0 Å². The first kappa shape index (κ1) is 13.2. The molecule has 4 heteroatoms. The Labute approximate surface area is 118 Å². The molecule has 1 heterocycles. The van der Waals surface area contributed by atoms with E-state index in [2.05, 4.69) is 23.3 Å². The van der Waals surface area contributed by atoms with Gasteiger partial charge in [-0.1, -0.05) is 18.2 Å². The van der Waals surface area contributed by atoms with E-state index < -0.39 is 5.60 Å². The van der Waals surface area contributed by atoms with Gasteiger partial charge in [0.25, 0.3) is 0 Å². The number of fused-ring (bicyclic) bond motifs is 1. The minimum atomic E-state index is -0.660. The van der Waals surface area contributed by atoms with Gasteiger partial charge in [0.1, 0.15) is 0 Å². The first-order valence-electron chi connectivity index (χ1n) is 7.12. The second-order valence-corrected chi connectivity index (χ2v) is 5.84. The summed E-state index contributed by atoms with van der Waals surface area (Å²) >= 11 is 0. The lowest BCUT2D eigenvalue weighted by Crippen LogP contribution is -2.48. The van der Waals surface area contributed by atoms with Crippen molar-refractivity contribution in [2.24, 2.45) is 0 Å². The highest BCUT2D eigenvalue weighted by Crippen LogP contribution is 2.30. The largest absolute Gasteiger partial charge is 0.388 e. The Hall–Kier alpha value is -1.81. The molecule has 1 fully saturated rings. The molecule has 1 aromatic heterocycles. The summed E-state index contributed by atoms with van der Waals surface area (Å²) in [6.45, 7) is 2.42. The zero-order valence-corrected chi connectivity index (χ0v) is 11.7. The van der Waals surface area contributed by atoms with Gasteiger partial charge in [-0.2, -0.15) is 0 Å². The van der Waals surface area contributed by atoms with Crippen LogP contribution in [0.1, 0.15) is 30.4 Å². The summed E-state index contributed by atoms with van der Waals surface area (Å²) in [5.74, 6) is -0.0345. The Morgan fingerprint density at radius 3 is 2.95 bits per heavy atom. The van der Waals surface area contributed by atoms with Crippen LogP contribution in [-0.2, 0) is 11.2 Å². The molecule has 20 heavy (non-hydrogen) atoms. The number of nitrogens with one attached hydrogen (secondary N) is 2. The molecule has 1 aliphatic carbocycles. The van der Waals surface area contributed by atoms with Crippen molar-refractivity contribution in [2.75, 3.05) is 6.54 Å². The highest BCUT2D eigenvalue weighted by molar-refractivity contribution is 5.90. The van der Waals surface area contributed by atoms with Crippen LogP contribution in [0.25, 0.3) is 10.9 Å². The number of amides is 1. The number of benzene rings is 1. The molecule has 2 aromatic rings. The summed E-state index contributed by atoms with van der Waals surface area (Å²) < 4.78 is 0. The van der Waals surface area contributed by atoms with Crippen LogP contribution in [0.2, 0.25) is 0 Å². The fourth-order valence-electron chi connectivity index (χ4n) is 2.77. The lowest BCUT2D eigenvalue weighted by Gasteiger charge is -2.36. The van der Waals surface area contributed by atoms with Crippen molar-refractivity contribution in [3.63, 3.8) is 0 Å². The number of aromatic amines is 1. The Kier molecular flexibility index (Phi) is 3.26. The number of hydrogen-bond donors (Lipinski definition) is 3. The van der Waals surface area contributed by atoms with Crippen LogP contribution >= 0.6 is 0 Å². The number of rotatable bonds is 4. The average Bonchev–Trinajstić information content (AvgIpc) is 2.79. The van der Waals surface area contributed by atoms with Crippen molar-refractivity contribution < 1.29 is 9.90 Å². The molecule has 0 atom stereocenters. The maximum Gasteiger partial charge on any atom is 0.224 e. The van der Waals surface area contributed by atoms with Gasteiger partial charge in [0.15, 0.2) is 0 Å². The van der Waals surface area contributed by atoms with Crippen LogP contribution in [0, 0.1) is 6.92 Å². The number of aryl methyl sites for hydroxylation is 1. The van der Waals surface area contributed by atoms with E-state index in [1.165, 1.54) is 5.56 Å². The smallest absolute Gasteiger partial charge is 0.224 e. The van der Waals surface area contributed by atoms with Gasteiger partial charge in [0, 0.05) is 23.6 Å². The van der Waals surface area contributed by atoms with Crippen molar-refractivity contribution in [3.8, 4) is 0 Å². The molecule has 106 valence electrons. The molecule has 3 rings (SSSR count). The van der Waals surface area contributed by atoms with Crippen LogP contribution in [0.4, 0.5) is 0 Å². The van der Waals surface area contributed by atoms with Crippen molar-refractivity contribution in [3.05, 3.63) is 35.5 Å². The van der Waals surface area contributed by atoms with E-state index in [0.29, 0.717) is 13.0 Å². The Balaban J connectivity index is 1.67. The molecule has 0 spiro atoms. The number of carbonyl (C=O) groups is 1. The van der Waals surface area contributed by atoms with Crippen molar-refractivity contribution >= 4 is 16.8 Å². The van der Waals surface area contributed by atoms with Gasteiger partial charge in [0.2, 0.25) is 5.91 Å². The average molecular weight is 272 g/mol. The molecule has 4 nitrogen and oxygen atoms in total. The van der Waals surface area contributed by atoms with Gasteiger partial charge >= 0.3 is 0 Å². The van der Waals surface area contributed by atoms with E-state index in [9.17, 15) is 9.90 Å². The molecule has 0 bridgehead atoms. The minimum absolute atomic E-state index is 0.0345.